The normalized spacial score (nSPS) is 11.8. The van der Waals surface area contributed by atoms with Crippen molar-refractivity contribution < 1.29 is 0 Å². The standard InChI is InChI=1S/C10H17N5S/c1-4-11-6-5-8-14-15-9(7(2)3)12-13-10(15)16-8/h7,11H,4-6H2,1-3H3. The van der Waals surface area contributed by atoms with Gasteiger partial charge in [0.25, 0.3) is 0 Å². The Morgan fingerprint density at radius 3 is 2.88 bits per heavy atom. The highest BCUT2D eigenvalue weighted by molar-refractivity contribution is 7.16. The lowest BCUT2D eigenvalue weighted by molar-refractivity contribution is 0.689. The van der Waals surface area contributed by atoms with Gasteiger partial charge in [-0.3, -0.25) is 0 Å². The van der Waals surface area contributed by atoms with Crippen molar-refractivity contribution in [3.63, 3.8) is 0 Å². The average molecular weight is 239 g/mol. The van der Waals surface area contributed by atoms with E-state index in [1.807, 2.05) is 4.52 Å². The maximum Gasteiger partial charge on any atom is 0.234 e. The van der Waals surface area contributed by atoms with Gasteiger partial charge in [-0.25, -0.2) is 0 Å². The number of nitrogens with zero attached hydrogens (tertiary/aromatic N) is 4. The minimum absolute atomic E-state index is 0.360. The first kappa shape index (κ1) is 11.5. The molecule has 0 spiro atoms. The number of hydrogen-bond acceptors (Lipinski definition) is 5. The lowest BCUT2D eigenvalue weighted by Gasteiger charge is -1.98. The first-order chi connectivity index (χ1) is 7.72. The van der Waals surface area contributed by atoms with Crippen LogP contribution in [0.5, 0.6) is 0 Å². The van der Waals surface area contributed by atoms with Crippen molar-refractivity contribution in [3.05, 3.63) is 10.8 Å². The Kier molecular flexibility index (Phi) is 3.50. The van der Waals surface area contributed by atoms with Crippen LogP contribution in [0.4, 0.5) is 0 Å². The molecule has 16 heavy (non-hydrogen) atoms. The van der Waals surface area contributed by atoms with Crippen LogP contribution in [0.1, 0.15) is 37.5 Å². The Morgan fingerprint density at radius 1 is 1.38 bits per heavy atom. The second kappa shape index (κ2) is 4.88. The number of nitrogens with one attached hydrogen (secondary N) is 1. The zero-order valence-electron chi connectivity index (χ0n) is 9.90. The summed E-state index contributed by atoms with van der Waals surface area (Å²) in [6, 6.07) is 0. The lowest BCUT2D eigenvalue weighted by atomic mass is 10.2. The number of hydrogen-bond donors (Lipinski definition) is 1. The summed E-state index contributed by atoms with van der Waals surface area (Å²) in [5.41, 5.74) is 0. The zero-order valence-corrected chi connectivity index (χ0v) is 10.7. The van der Waals surface area contributed by atoms with E-state index in [0.717, 1.165) is 35.3 Å². The number of fused-ring (bicyclic) bond motifs is 1. The molecule has 0 saturated heterocycles. The van der Waals surface area contributed by atoms with Crippen LogP contribution in [0.15, 0.2) is 0 Å². The van der Waals surface area contributed by atoms with Crippen molar-refractivity contribution in [2.45, 2.75) is 33.1 Å². The van der Waals surface area contributed by atoms with Crippen LogP contribution in [0.2, 0.25) is 0 Å². The highest BCUT2D eigenvalue weighted by atomic mass is 32.1. The van der Waals surface area contributed by atoms with Gasteiger partial charge < -0.3 is 5.32 Å². The fourth-order valence-corrected chi connectivity index (χ4v) is 2.34. The van der Waals surface area contributed by atoms with Crippen molar-refractivity contribution in [2.24, 2.45) is 0 Å². The molecule has 2 rings (SSSR count). The molecule has 0 saturated carbocycles. The molecular weight excluding hydrogens is 222 g/mol. The molecule has 1 N–H and O–H groups in total. The molecule has 0 aromatic carbocycles. The van der Waals surface area contributed by atoms with Crippen LogP contribution >= 0.6 is 11.3 Å². The molecule has 2 aromatic heterocycles. The second-order valence-electron chi connectivity index (χ2n) is 4.01. The number of rotatable bonds is 5. The SMILES string of the molecule is CCNCCc1nn2c(C(C)C)nnc2s1. The fraction of sp³-hybridized carbons (Fsp3) is 0.700. The number of aromatic nitrogens is 4. The van der Waals surface area contributed by atoms with Gasteiger partial charge >= 0.3 is 0 Å². The molecule has 0 amide bonds. The summed E-state index contributed by atoms with van der Waals surface area (Å²) < 4.78 is 1.87. The summed E-state index contributed by atoms with van der Waals surface area (Å²) in [4.78, 5) is 0.898. The van der Waals surface area contributed by atoms with E-state index in [-0.39, 0.29) is 0 Å². The van der Waals surface area contributed by atoms with Gasteiger partial charge in [-0.2, -0.15) is 9.61 Å². The minimum Gasteiger partial charge on any atom is -0.317 e. The summed E-state index contributed by atoms with van der Waals surface area (Å²) >= 11 is 1.62. The smallest absolute Gasteiger partial charge is 0.234 e. The Labute approximate surface area is 98.9 Å². The molecule has 0 fully saturated rings. The van der Waals surface area contributed by atoms with Crippen LogP contribution in [0.25, 0.3) is 4.96 Å². The van der Waals surface area contributed by atoms with Gasteiger partial charge in [0, 0.05) is 18.9 Å². The molecule has 0 radical (unpaired) electrons. The second-order valence-corrected chi connectivity index (χ2v) is 5.05. The average Bonchev–Trinajstić information content (AvgIpc) is 2.76. The van der Waals surface area contributed by atoms with Crippen molar-refractivity contribution in [1.29, 1.82) is 0 Å². The Balaban J connectivity index is 2.17. The maximum atomic E-state index is 4.54. The monoisotopic (exact) mass is 239 g/mol. The van der Waals surface area contributed by atoms with Crippen molar-refractivity contribution in [1.82, 2.24) is 25.1 Å². The van der Waals surface area contributed by atoms with E-state index in [9.17, 15) is 0 Å². The van der Waals surface area contributed by atoms with Gasteiger partial charge in [-0.1, -0.05) is 32.1 Å². The van der Waals surface area contributed by atoms with Gasteiger partial charge in [0.05, 0.1) is 0 Å². The van der Waals surface area contributed by atoms with E-state index in [0.29, 0.717) is 5.92 Å². The highest BCUT2D eigenvalue weighted by Gasteiger charge is 2.13. The van der Waals surface area contributed by atoms with Crippen LogP contribution in [0.3, 0.4) is 0 Å². The quantitative estimate of drug-likeness (QED) is 0.803. The van der Waals surface area contributed by atoms with Crippen LogP contribution < -0.4 is 5.32 Å². The van der Waals surface area contributed by atoms with Crippen molar-refractivity contribution >= 4 is 16.3 Å². The van der Waals surface area contributed by atoms with Crippen LogP contribution in [-0.4, -0.2) is 32.9 Å². The summed E-state index contributed by atoms with van der Waals surface area (Å²) in [5, 5.41) is 17.2. The molecule has 2 heterocycles. The van der Waals surface area contributed by atoms with Crippen molar-refractivity contribution in [2.75, 3.05) is 13.1 Å². The Bertz CT molecular complexity index is 459. The predicted molar refractivity (Wildman–Crippen MR) is 65.0 cm³/mol. The molecule has 0 unspecified atom stereocenters. The molecular formula is C10H17N5S. The molecule has 0 aliphatic carbocycles. The Morgan fingerprint density at radius 2 is 2.19 bits per heavy atom. The van der Waals surface area contributed by atoms with E-state index in [1.165, 1.54) is 0 Å². The van der Waals surface area contributed by atoms with Gasteiger partial charge in [0.15, 0.2) is 5.82 Å². The summed E-state index contributed by atoms with van der Waals surface area (Å²) in [7, 11) is 0. The van der Waals surface area contributed by atoms with E-state index in [1.54, 1.807) is 11.3 Å². The molecule has 0 bridgehead atoms. The fourth-order valence-electron chi connectivity index (χ4n) is 1.50. The molecule has 0 atom stereocenters. The largest absolute Gasteiger partial charge is 0.317 e. The van der Waals surface area contributed by atoms with Gasteiger partial charge in [0.2, 0.25) is 4.96 Å². The summed E-state index contributed by atoms with van der Waals surface area (Å²) in [6.07, 6.45) is 0.958. The van der Waals surface area contributed by atoms with E-state index >= 15 is 0 Å². The first-order valence-corrected chi connectivity index (χ1v) is 6.45. The molecule has 88 valence electrons. The van der Waals surface area contributed by atoms with Gasteiger partial charge in [0.1, 0.15) is 5.01 Å². The van der Waals surface area contributed by atoms with E-state index < -0.39 is 0 Å². The van der Waals surface area contributed by atoms with Crippen LogP contribution in [0, 0.1) is 0 Å². The predicted octanol–water partition coefficient (Wildman–Crippen LogP) is 1.46. The molecule has 5 nitrogen and oxygen atoms in total. The van der Waals surface area contributed by atoms with E-state index in [4.69, 9.17) is 0 Å². The topological polar surface area (TPSA) is 55.1 Å². The molecule has 0 aliphatic heterocycles. The van der Waals surface area contributed by atoms with Gasteiger partial charge in [-0.05, 0) is 6.54 Å². The van der Waals surface area contributed by atoms with Crippen LogP contribution in [-0.2, 0) is 6.42 Å². The lowest BCUT2D eigenvalue weighted by Crippen LogP contribution is -2.16. The Hall–Kier alpha value is -1.01. The molecule has 0 aliphatic rings. The first-order valence-electron chi connectivity index (χ1n) is 5.64. The molecule has 2 aromatic rings. The van der Waals surface area contributed by atoms with Gasteiger partial charge in [-0.15, -0.1) is 10.2 Å². The van der Waals surface area contributed by atoms with E-state index in [2.05, 4.69) is 41.4 Å². The van der Waals surface area contributed by atoms with Crippen molar-refractivity contribution in [3.8, 4) is 0 Å². The zero-order chi connectivity index (χ0) is 11.5. The third-order valence-corrected chi connectivity index (χ3v) is 3.30. The highest BCUT2D eigenvalue weighted by Crippen LogP contribution is 2.18. The maximum absolute atomic E-state index is 4.54. The summed E-state index contributed by atoms with van der Waals surface area (Å²) in [5.74, 6) is 1.31. The third-order valence-electron chi connectivity index (χ3n) is 2.34. The summed E-state index contributed by atoms with van der Waals surface area (Å²) in [6.45, 7) is 8.29. The molecule has 6 heteroatoms. The number of likely N-dealkylation sites (N-methyl/N-ethyl adjacent to an activating group) is 1. The minimum atomic E-state index is 0.360. The third kappa shape index (κ3) is 2.22.